The number of nitrogens with one attached hydrogen (secondary N) is 1. The van der Waals surface area contributed by atoms with Crippen LogP contribution in [0.5, 0.6) is 0 Å². The highest BCUT2D eigenvalue weighted by molar-refractivity contribution is 4.94. The summed E-state index contributed by atoms with van der Waals surface area (Å²) in [4.78, 5) is 0. The lowest BCUT2D eigenvalue weighted by Crippen LogP contribution is -2.30. The standard InChI is InChI=1S/C12H26N2O/c1-3-5-12(6-7-12)10-14-8-4-11(9-13)15-2/h11,14H,3-10,13H2,1-2H3. The van der Waals surface area contributed by atoms with Crippen molar-refractivity contribution in [2.45, 2.75) is 45.1 Å². The second-order valence-corrected chi connectivity index (χ2v) is 4.81. The highest BCUT2D eigenvalue weighted by Gasteiger charge is 2.40. The van der Waals surface area contributed by atoms with Crippen LogP contribution in [-0.2, 0) is 4.74 Å². The molecule has 0 radical (unpaired) electrons. The minimum atomic E-state index is 0.221. The van der Waals surface area contributed by atoms with Gasteiger partial charge in [-0.2, -0.15) is 0 Å². The Morgan fingerprint density at radius 1 is 1.47 bits per heavy atom. The van der Waals surface area contributed by atoms with E-state index in [2.05, 4.69) is 12.2 Å². The molecule has 0 bridgehead atoms. The molecule has 0 aromatic rings. The highest BCUT2D eigenvalue weighted by atomic mass is 16.5. The van der Waals surface area contributed by atoms with Crippen molar-refractivity contribution in [2.24, 2.45) is 11.1 Å². The minimum Gasteiger partial charge on any atom is -0.380 e. The van der Waals surface area contributed by atoms with E-state index in [4.69, 9.17) is 10.5 Å². The van der Waals surface area contributed by atoms with Crippen LogP contribution in [-0.4, -0.2) is 32.8 Å². The molecule has 1 unspecified atom stereocenters. The SMILES string of the molecule is CCCC1(CNCCC(CN)OC)CC1. The smallest absolute Gasteiger partial charge is 0.0705 e. The van der Waals surface area contributed by atoms with Gasteiger partial charge in [0.2, 0.25) is 0 Å². The number of nitrogens with two attached hydrogens (primary N) is 1. The first kappa shape index (κ1) is 12.9. The Bertz CT molecular complexity index is 165. The van der Waals surface area contributed by atoms with Crippen molar-refractivity contribution in [3.8, 4) is 0 Å². The first-order chi connectivity index (χ1) is 7.26. The van der Waals surface area contributed by atoms with E-state index < -0.39 is 0 Å². The van der Waals surface area contributed by atoms with E-state index in [0.29, 0.717) is 12.0 Å². The molecule has 1 fully saturated rings. The fraction of sp³-hybridized carbons (Fsp3) is 1.00. The number of rotatable bonds is 9. The Labute approximate surface area is 93.8 Å². The molecular formula is C12H26N2O. The molecule has 0 aromatic carbocycles. The number of hydrogen-bond donors (Lipinski definition) is 2. The summed E-state index contributed by atoms with van der Waals surface area (Å²) < 4.78 is 5.23. The van der Waals surface area contributed by atoms with E-state index in [1.807, 2.05) is 0 Å². The zero-order valence-corrected chi connectivity index (χ0v) is 10.2. The minimum absolute atomic E-state index is 0.221. The average molecular weight is 214 g/mol. The topological polar surface area (TPSA) is 47.3 Å². The van der Waals surface area contributed by atoms with Gasteiger partial charge in [-0.05, 0) is 37.6 Å². The van der Waals surface area contributed by atoms with Crippen LogP contribution in [0.1, 0.15) is 39.0 Å². The molecule has 3 heteroatoms. The monoisotopic (exact) mass is 214 g/mol. The van der Waals surface area contributed by atoms with Crippen molar-refractivity contribution < 1.29 is 4.74 Å². The summed E-state index contributed by atoms with van der Waals surface area (Å²) in [5.41, 5.74) is 6.21. The lowest BCUT2D eigenvalue weighted by molar-refractivity contribution is 0.102. The molecule has 0 heterocycles. The molecule has 90 valence electrons. The maximum atomic E-state index is 5.56. The van der Waals surface area contributed by atoms with E-state index >= 15 is 0 Å². The van der Waals surface area contributed by atoms with Gasteiger partial charge in [0, 0.05) is 20.2 Å². The van der Waals surface area contributed by atoms with Crippen molar-refractivity contribution in [3.63, 3.8) is 0 Å². The van der Waals surface area contributed by atoms with E-state index in [0.717, 1.165) is 13.0 Å². The molecule has 1 aliphatic rings. The summed E-state index contributed by atoms with van der Waals surface area (Å²) in [6.45, 7) is 5.11. The number of hydrogen-bond acceptors (Lipinski definition) is 3. The molecular weight excluding hydrogens is 188 g/mol. The average Bonchev–Trinajstić information content (AvgIpc) is 2.99. The lowest BCUT2D eigenvalue weighted by atomic mass is 10.0. The Morgan fingerprint density at radius 2 is 2.20 bits per heavy atom. The first-order valence-corrected chi connectivity index (χ1v) is 6.20. The largest absolute Gasteiger partial charge is 0.380 e. The van der Waals surface area contributed by atoms with Crippen molar-refractivity contribution in [3.05, 3.63) is 0 Å². The molecule has 3 N–H and O–H groups in total. The second-order valence-electron chi connectivity index (χ2n) is 4.81. The lowest BCUT2D eigenvalue weighted by Gasteiger charge is -2.17. The third-order valence-electron chi connectivity index (χ3n) is 3.48. The van der Waals surface area contributed by atoms with E-state index in [1.54, 1.807) is 7.11 Å². The molecule has 1 rings (SSSR count). The van der Waals surface area contributed by atoms with E-state index in [1.165, 1.54) is 32.2 Å². The predicted octanol–water partition coefficient (Wildman–Crippen LogP) is 1.52. The van der Waals surface area contributed by atoms with Gasteiger partial charge in [-0.15, -0.1) is 0 Å². The fourth-order valence-corrected chi connectivity index (χ4v) is 2.17. The molecule has 0 saturated heterocycles. The summed E-state index contributed by atoms with van der Waals surface area (Å²) in [6, 6.07) is 0. The normalized spacial score (nSPS) is 20.2. The van der Waals surface area contributed by atoms with Crippen molar-refractivity contribution in [1.82, 2.24) is 5.32 Å². The van der Waals surface area contributed by atoms with Crippen LogP contribution < -0.4 is 11.1 Å². The van der Waals surface area contributed by atoms with Crippen molar-refractivity contribution in [1.29, 1.82) is 0 Å². The van der Waals surface area contributed by atoms with Gasteiger partial charge >= 0.3 is 0 Å². The van der Waals surface area contributed by atoms with Crippen LogP contribution in [0.3, 0.4) is 0 Å². The van der Waals surface area contributed by atoms with Crippen LogP contribution in [0.25, 0.3) is 0 Å². The predicted molar refractivity (Wildman–Crippen MR) is 63.9 cm³/mol. The molecule has 0 aliphatic heterocycles. The second kappa shape index (κ2) is 6.46. The Balaban J connectivity index is 2.01. The molecule has 3 nitrogen and oxygen atoms in total. The molecule has 0 spiro atoms. The quantitative estimate of drug-likeness (QED) is 0.572. The number of ether oxygens (including phenoxy) is 1. The summed E-state index contributed by atoms with van der Waals surface area (Å²) in [7, 11) is 1.73. The zero-order chi connectivity index (χ0) is 11.1. The van der Waals surface area contributed by atoms with Gasteiger partial charge < -0.3 is 15.8 Å². The summed E-state index contributed by atoms with van der Waals surface area (Å²) >= 11 is 0. The Morgan fingerprint density at radius 3 is 2.67 bits per heavy atom. The summed E-state index contributed by atoms with van der Waals surface area (Å²) in [6.07, 6.45) is 6.76. The van der Waals surface area contributed by atoms with Gasteiger partial charge in [-0.25, -0.2) is 0 Å². The van der Waals surface area contributed by atoms with E-state index in [9.17, 15) is 0 Å². The molecule has 1 saturated carbocycles. The van der Waals surface area contributed by atoms with Gasteiger partial charge in [-0.1, -0.05) is 13.3 Å². The molecule has 15 heavy (non-hydrogen) atoms. The maximum absolute atomic E-state index is 5.56. The van der Waals surface area contributed by atoms with Crippen LogP contribution in [0.4, 0.5) is 0 Å². The van der Waals surface area contributed by atoms with Crippen LogP contribution >= 0.6 is 0 Å². The van der Waals surface area contributed by atoms with Crippen LogP contribution in [0.2, 0.25) is 0 Å². The molecule has 1 aliphatic carbocycles. The van der Waals surface area contributed by atoms with Gasteiger partial charge in [0.25, 0.3) is 0 Å². The number of methoxy groups -OCH3 is 1. The molecule has 0 aromatic heterocycles. The van der Waals surface area contributed by atoms with E-state index in [-0.39, 0.29) is 6.10 Å². The van der Waals surface area contributed by atoms with Gasteiger partial charge in [0.05, 0.1) is 6.10 Å². The summed E-state index contributed by atoms with van der Waals surface area (Å²) in [5, 5.41) is 3.54. The molecule has 1 atom stereocenters. The maximum Gasteiger partial charge on any atom is 0.0705 e. The zero-order valence-electron chi connectivity index (χ0n) is 10.2. The van der Waals surface area contributed by atoms with Gasteiger partial charge in [0.1, 0.15) is 0 Å². The van der Waals surface area contributed by atoms with Gasteiger partial charge in [0.15, 0.2) is 0 Å². The third-order valence-corrected chi connectivity index (χ3v) is 3.48. The van der Waals surface area contributed by atoms with Crippen LogP contribution in [0, 0.1) is 5.41 Å². The Kier molecular flexibility index (Phi) is 5.58. The summed E-state index contributed by atoms with van der Waals surface area (Å²) in [5.74, 6) is 0. The van der Waals surface area contributed by atoms with Crippen molar-refractivity contribution in [2.75, 3.05) is 26.7 Å². The Hall–Kier alpha value is -0.120. The first-order valence-electron chi connectivity index (χ1n) is 6.20. The third kappa shape index (κ3) is 4.49. The van der Waals surface area contributed by atoms with Gasteiger partial charge in [-0.3, -0.25) is 0 Å². The highest BCUT2D eigenvalue weighted by Crippen LogP contribution is 2.48. The molecule has 0 amide bonds. The van der Waals surface area contributed by atoms with Crippen LogP contribution in [0.15, 0.2) is 0 Å². The fourth-order valence-electron chi connectivity index (χ4n) is 2.17. The van der Waals surface area contributed by atoms with Crippen molar-refractivity contribution >= 4 is 0 Å².